The van der Waals surface area contributed by atoms with Crippen LogP contribution in [0.15, 0.2) is 0 Å². The van der Waals surface area contributed by atoms with Gasteiger partial charge in [-0.25, -0.2) is 4.98 Å². The molecule has 0 aromatic carbocycles. The summed E-state index contributed by atoms with van der Waals surface area (Å²) in [6.07, 6.45) is -3.68. The molecule has 1 aromatic rings. The fourth-order valence-electron chi connectivity index (χ4n) is 2.23. The summed E-state index contributed by atoms with van der Waals surface area (Å²) >= 11 is 0.356. The number of carbonyl (C=O) groups is 2. The fourth-order valence-corrected chi connectivity index (χ4v) is 3.13. The van der Waals surface area contributed by atoms with Crippen LogP contribution >= 0.6 is 11.3 Å². The van der Waals surface area contributed by atoms with Gasteiger partial charge in [0.2, 0.25) is 5.91 Å². The molecule has 21 heavy (non-hydrogen) atoms. The first-order valence-corrected chi connectivity index (χ1v) is 7.15. The number of nitrogens with zero attached hydrogens (tertiary/aromatic N) is 2. The van der Waals surface area contributed by atoms with E-state index in [0.717, 1.165) is 0 Å². The van der Waals surface area contributed by atoms with E-state index in [1.54, 1.807) is 0 Å². The number of aromatic nitrogens is 1. The highest BCUT2D eigenvalue weighted by atomic mass is 32.1. The maximum atomic E-state index is 12.6. The van der Waals surface area contributed by atoms with Crippen LogP contribution in [0.4, 0.5) is 13.2 Å². The lowest BCUT2D eigenvalue weighted by atomic mass is 9.96. The molecule has 2 rings (SSSR count). The summed E-state index contributed by atoms with van der Waals surface area (Å²) in [5, 5.41) is -1.02. The van der Waals surface area contributed by atoms with Gasteiger partial charge in [-0.2, -0.15) is 13.2 Å². The third kappa shape index (κ3) is 3.34. The van der Waals surface area contributed by atoms with Crippen LogP contribution in [0.3, 0.4) is 0 Å². The van der Waals surface area contributed by atoms with Crippen molar-refractivity contribution < 1.29 is 22.8 Å². The van der Waals surface area contributed by atoms with Crippen LogP contribution in [0.1, 0.15) is 33.2 Å². The van der Waals surface area contributed by atoms with Crippen LogP contribution in [0.5, 0.6) is 0 Å². The molecule has 1 fully saturated rings. The van der Waals surface area contributed by atoms with Crippen molar-refractivity contribution in [3.8, 4) is 0 Å². The van der Waals surface area contributed by atoms with Gasteiger partial charge in [0.05, 0.1) is 5.69 Å². The Morgan fingerprint density at radius 3 is 2.33 bits per heavy atom. The first-order valence-electron chi connectivity index (χ1n) is 6.33. The standard InChI is InChI=1S/C12H14F3N3O2S/c1-6-8(21-11(17-6)12(13,14)15)10(20)18-4-2-7(3-5-18)9(16)19/h7H,2-5H2,1H3,(H2,16,19). The number of amides is 2. The Labute approximate surface area is 122 Å². The van der Waals surface area contributed by atoms with E-state index in [1.165, 1.54) is 11.8 Å². The molecule has 0 spiro atoms. The number of hydrogen-bond donors (Lipinski definition) is 1. The van der Waals surface area contributed by atoms with Gasteiger partial charge in [-0.15, -0.1) is 11.3 Å². The number of thiazole rings is 1. The van der Waals surface area contributed by atoms with E-state index in [2.05, 4.69) is 4.98 Å². The average molecular weight is 321 g/mol. The molecule has 1 saturated heterocycles. The lowest BCUT2D eigenvalue weighted by Crippen LogP contribution is -2.41. The Balaban J connectivity index is 2.11. The van der Waals surface area contributed by atoms with E-state index >= 15 is 0 Å². The molecule has 2 N–H and O–H groups in total. The number of hydrogen-bond acceptors (Lipinski definition) is 4. The largest absolute Gasteiger partial charge is 0.443 e. The van der Waals surface area contributed by atoms with Crippen LogP contribution in [-0.2, 0) is 11.0 Å². The quantitative estimate of drug-likeness (QED) is 0.902. The molecule has 0 saturated carbocycles. The van der Waals surface area contributed by atoms with Crippen LogP contribution < -0.4 is 5.73 Å². The van der Waals surface area contributed by atoms with Gasteiger partial charge >= 0.3 is 6.18 Å². The number of piperidine rings is 1. The van der Waals surface area contributed by atoms with Crippen molar-refractivity contribution in [1.29, 1.82) is 0 Å². The molecule has 1 aliphatic heterocycles. The summed E-state index contributed by atoms with van der Waals surface area (Å²) < 4.78 is 37.8. The summed E-state index contributed by atoms with van der Waals surface area (Å²) in [4.78, 5) is 28.2. The van der Waals surface area contributed by atoms with Crippen LogP contribution in [-0.4, -0.2) is 34.8 Å². The zero-order chi connectivity index (χ0) is 15.8. The maximum Gasteiger partial charge on any atom is 0.443 e. The third-order valence-corrected chi connectivity index (χ3v) is 4.61. The molecule has 0 radical (unpaired) electrons. The third-order valence-electron chi connectivity index (χ3n) is 3.42. The zero-order valence-corrected chi connectivity index (χ0v) is 12.1. The minimum absolute atomic E-state index is 0.000139. The Morgan fingerprint density at radius 1 is 1.33 bits per heavy atom. The summed E-state index contributed by atoms with van der Waals surface area (Å²) in [6.45, 7) is 2.01. The van der Waals surface area contributed by atoms with Gasteiger partial charge in [-0.05, 0) is 19.8 Å². The predicted molar refractivity (Wildman–Crippen MR) is 69.7 cm³/mol. The first kappa shape index (κ1) is 15.7. The van der Waals surface area contributed by atoms with E-state index in [4.69, 9.17) is 5.73 Å². The number of aryl methyl sites for hydroxylation is 1. The van der Waals surface area contributed by atoms with E-state index in [9.17, 15) is 22.8 Å². The van der Waals surface area contributed by atoms with Gasteiger partial charge in [-0.3, -0.25) is 9.59 Å². The lowest BCUT2D eigenvalue weighted by molar-refractivity contribution is -0.137. The highest BCUT2D eigenvalue weighted by molar-refractivity contribution is 7.13. The SMILES string of the molecule is Cc1nc(C(F)(F)F)sc1C(=O)N1CCC(C(N)=O)CC1. The second-order valence-electron chi connectivity index (χ2n) is 4.90. The van der Waals surface area contributed by atoms with Gasteiger partial charge < -0.3 is 10.6 Å². The van der Waals surface area contributed by atoms with Crippen LogP contribution in [0.25, 0.3) is 0 Å². The number of primary amides is 1. The van der Waals surface area contributed by atoms with Gasteiger partial charge in [0.25, 0.3) is 5.91 Å². The second-order valence-corrected chi connectivity index (χ2v) is 5.90. The monoisotopic (exact) mass is 321 g/mol. The maximum absolute atomic E-state index is 12.6. The number of alkyl halides is 3. The Hall–Kier alpha value is -1.64. The average Bonchev–Trinajstić information content (AvgIpc) is 2.80. The number of halogens is 3. The van der Waals surface area contributed by atoms with E-state index < -0.39 is 23.0 Å². The van der Waals surface area contributed by atoms with Crippen molar-refractivity contribution in [2.45, 2.75) is 25.9 Å². The summed E-state index contributed by atoms with van der Waals surface area (Å²) in [6, 6.07) is 0. The summed E-state index contributed by atoms with van der Waals surface area (Å²) in [5.74, 6) is -1.15. The fraction of sp³-hybridized carbons (Fsp3) is 0.583. The van der Waals surface area contributed by atoms with E-state index in [-0.39, 0.29) is 16.5 Å². The molecule has 1 aliphatic rings. The van der Waals surface area contributed by atoms with Crippen molar-refractivity contribution in [1.82, 2.24) is 9.88 Å². The molecule has 2 amide bonds. The molecule has 5 nitrogen and oxygen atoms in total. The molecule has 0 unspecified atom stereocenters. The molecule has 1 aromatic heterocycles. The molecule has 0 atom stereocenters. The van der Waals surface area contributed by atoms with Crippen molar-refractivity contribution in [2.24, 2.45) is 11.7 Å². The molecule has 116 valence electrons. The molecule has 2 heterocycles. The summed E-state index contributed by atoms with van der Waals surface area (Å²) in [5.41, 5.74) is 5.28. The van der Waals surface area contributed by atoms with Crippen LogP contribution in [0, 0.1) is 12.8 Å². The minimum atomic E-state index is -4.55. The number of nitrogens with two attached hydrogens (primary N) is 1. The van der Waals surface area contributed by atoms with Crippen molar-refractivity contribution >= 4 is 23.2 Å². The van der Waals surface area contributed by atoms with Gasteiger partial charge in [-0.1, -0.05) is 0 Å². The Bertz CT molecular complexity index is 563. The highest BCUT2D eigenvalue weighted by Crippen LogP contribution is 2.34. The Morgan fingerprint density at radius 2 is 1.90 bits per heavy atom. The topological polar surface area (TPSA) is 76.3 Å². The normalized spacial score (nSPS) is 17.0. The number of rotatable bonds is 2. The van der Waals surface area contributed by atoms with Gasteiger partial charge in [0.15, 0.2) is 5.01 Å². The number of carbonyl (C=O) groups excluding carboxylic acids is 2. The lowest BCUT2D eigenvalue weighted by Gasteiger charge is -2.30. The first-order chi connectivity index (χ1) is 9.70. The molecule has 0 aliphatic carbocycles. The highest BCUT2D eigenvalue weighted by Gasteiger charge is 2.37. The minimum Gasteiger partial charge on any atom is -0.369 e. The molecular formula is C12H14F3N3O2S. The van der Waals surface area contributed by atoms with Crippen molar-refractivity contribution in [3.63, 3.8) is 0 Å². The zero-order valence-electron chi connectivity index (χ0n) is 11.2. The van der Waals surface area contributed by atoms with E-state index in [0.29, 0.717) is 37.3 Å². The van der Waals surface area contributed by atoms with Crippen LogP contribution in [0.2, 0.25) is 0 Å². The second kappa shape index (κ2) is 5.63. The Kier molecular flexibility index (Phi) is 4.22. The molecule has 9 heteroatoms. The van der Waals surface area contributed by atoms with E-state index in [1.807, 2.05) is 0 Å². The summed E-state index contributed by atoms with van der Waals surface area (Å²) in [7, 11) is 0. The van der Waals surface area contributed by atoms with Gasteiger partial charge in [0, 0.05) is 19.0 Å². The van der Waals surface area contributed by atoms with Crippen molar-refractivity contribution in [2.75, 3.05) is 13.1 Å². The van der Waals surface area contributed by atoms with Crippen molar-refractivity contribution in [3.05, 3.63) is 15.6 Å². The number of likely N-dealkylation sites (tertiary alicyclic amines) is 1. The molecular weight excluding hydrogens is 307 g/mol. The predicted octanol–water partition coefficient (Wildman–Crippen LogP) is 1.81. The molecule has 0 bridgehead atoms. The smallest absolute Gasteiger partial charge is 0.369 e. The van der Waals surface area contributed by atoms with Gasteiger partial charge in [0.1, 0.15) is 4.88 Å².